The third-order valence-corrected chi connectivity index (χ3v) is 3.14. The van der Waals surface area contributed by atoms with E-state index < -0.39 is 6.16 Å². The summed E-state index contributed by atoms with van der Waals surface area (Å²) in [7, 11) is 0. The minimum absolute atomic E-state index is 0.170. The van der Waals surface area contributed by atoms with Crippen LogP contribution in [0.25, 0.3) is 0 Å². The second-order valence-corrected chi connectivity index (χ2v) is 5.83. The zero-order valence-electron chi connectivity index (χ0n) is 12.1. The van der Waals surface area contributed by atoms with Gasteiger partial charge in [0.2, 0.25) is 0 Å². The molecule has 19 heavy (non-hydrogen) atoms. The van der Waals surface area contributed by atoms with Crippen molar-refractivity contribution in [3.05, 3.63) is 35.4 Å². The fourth-order valence-corrected chi connectivity index (χ4v) is 2.22. The first-order valence-corrected chi connectivity index (χ1v) is 6.85. The third-order valence-electron chi connectivity index (χ3n) is 3.14. The van der Waals surface area contributed by atoms with Crippen LogP contribution in [0.4, 0.5) is 4.79 Å². The normalized spacial score (nSPS) is 11.3. The summed E-state index contributed by atoms with van der Waals surface area (Å²) < 4.78 is 4.49. The number of hydrogen-bond donors (Lipinski definition) is 1. The second kappa shape index (κ2) is 7.17. The van der Waals surface area contributed by atoms with Gasteiger partial charge in [-0.2, -0.15) is 0 Å². The van der Waals surface area contributed by atoms with Crippen molar-refractivity contribution in [2.75, 3.05) is 6.61 Å². The lowest BCUT2D eigenvalue weighted by Crippen LogP contribution is -2.14. The highest BCUT2D eigenvalue weighted by molar-refractivity contribution is 5.56. The van der Waals surface area contributed by atoms with Gasteiger partial charge >= 0.3 is 6.16 Å². The molecule has 3 heteroatoms. The van der Waals surface area contributed by atoms with Crippen molar-refractivity contribution in [3.8, 4) is 0 Å². The highest BCUT2D eigenvalue weighted by Crippen LogP contribution is 2.26. The van der Waals surface area contributed by atoms with E-state index in [9.17, 15) is 4.79 Å². The van der Waals surface area contributed by atoms with Crippen molar-refractivity contribution in [1.82, 2.24) is 0 Å². The van der Waals surface area contributed by atoms with E-state index in [1.54, 1.807) is 0 Å². The van der Waals surface area contributed by atoms with Gasteiger partial charge < -0.3 is 9.84 Å². The van der Waals surface area contributed by atoms with Gasteiger partial charge in [-0.05, 0) is 42.2 Å². The van der Waals surface area contributed by atoms with Crippen LogP contribution in [0.2, 0.25) is 0 Å². The van der Waals surface area contributed by atoms with Crippen LogP contribution < -0.4 is 0 Å². The topological polar surface area (TPSA) is 46.5 Å². The van der Waals surface area contributed by atoms with Gasteiger partial charge in [0, 0.05) is 0 Å². The molecule has 1 aromatic carbocycles. The maximum atomic E-state index is 10.2. The molecule has 0 bridgehead atoms. The van der Waals surface area contributed by atoms with Gasteiger partial charge in [0.1, 0.15) is 0 Å². The van der Waals surface area contributed by atoms with E-state index in [1.165, 1.54) is 11.1 Å². The minimum Gasteiger partial charge on any atom is -0.450 e. The summed E-state index contributed by atoms with van der Waals surface area (Å²) in [4.78, 5) is 10.2. The van der Waals surface area contributed by atoms with Crippen LogP contribution in [0.1, 0.15) is 51.2 Å². The molecular formula is C16H24O3. The monoisotopic (exact) mass is 264 g/mol. The van der Waals surface area contributed by atoms with Crippen molar-refractivity contribution in [1.29, 1.82) is 0 Å². The van der Waals surface area contributed by atoms with E-state index in [-0.39, 0.29) is 5.41 Å². The molecule has 0 fully saturated rings. The molecular weight excluding hydrogens is 240 g/mol. The molecule has 0 atom stereocenters. The van der Waals surface area contributed by atoms with Crippen molar-refractivity contribution in [2.24, 2.45) is 0 Å². The average molecular weight is 264 g/mol. The van der Waals surface area contributed by atoms with Crippen LogP contribution in [0.15, 0.2) is 24.3 Å². The Morgan fingerprint density at radius 1 is 1.16 bits per heavy atom. The van der Waals surface area contributed by atoms with E-state index in [0.29, 0.717) is 6.61 Å². The highest BCUT2D eigenvalue weighted by Gasteiger charge is 2.16. The molecule has 1 N–H and O–H groups in total. The number of carbonyl (C=O) groups is 1. The van der Waals surface area contributed by atoms with Crippen molar-refractivity contribution < 1.29 is 14.6 Å². The predicted octanol–water partition coefficient (Wildman–Crippen LogP) is 4.39. The smallest absolute Gasteiger partial charge is 0.450 e. The molecule has 0 spiro atoms. The fourth-order valence-electron chi connectivity index (χ4n) is 2.22. The highest BCUT2D eigenvalue weighted by atomic mass is 16.7. The zero-order valence-corrected chi connectivity index (χ0v) is 12.1. The first kappa shape index (κ1) is 15.5. The molecule has 106 valence electrons. The molecule has 0 aliphatic heterocycles. The van der Waals surface area contributed by atoms with E-state index in [4.69, 9.17) is 5.11 Å². The summed E-state index contributed by atoms with van der Waals surface area (Å²) in [5.74, 6) is 0. The molecule has 0 saturated carbocycles. The van der Waals surface area contributed by atoms with Crippen LogP contribution in [-0.2, 0) is 16.6 Å². The molecule has 1 rings (SSSR count). The van der Waals surface area contributed by atoms with Crippen LogP contribution in [-0.4, -0.2) is 17.9 Å². The van der Waals surface area contributed by atoms with Crippen molar-refractivity contribution in [3.63, 3.8) is 0 Å². The summed E-state index contributed by atoms with van der Waals surface area (Å²) >= 11 is 0. The first-order chi connectivity index (χ1) is 8.91. The molecule has 0 saturated heterocycles. The maximum Gasteiger partial charge on any atom is 0.505 e. The van der Waals surface area contributed by atoms with Crippen LogP contribution in [0, 0.1) is 0 Å². The number of benzene rings is 1. The SMILES string of the molecule is CC(C)(C)c1ccccc1CCCCCOC(=O)O. The summed E-state index contributed by atoms with van der Waals surface area (Å²) in [6.07, 6.45) is 2.71. The lowest BCUT2D eigenvalue weighted by molar-refractivity contribution is 0.0900. The lowest BCUT2D eigenvalue weighted by atomic mass is 9.82. The minimum atomic E-state index is -1.18. The van der Waals surface area contributed by atoms with Gasteiger partial charge in [-0.3, -0.25) is 0 Å². The van der Waals surface area contributed by atoms with Gasteiger partial charge in [0.15, 0.2) is 0 Å². The first-order valence-electron chi connectivity index (χ1n) is 6.85. The molecule has 0 aliphatic carbocycles. The summed E-state index contributed by atoms with van der Waals surface area (Å²) in [5.41, 5.74) is 2.97. The van der Waals surface area contributed by atoms with Crippen LogP contribution >= 0.6 is 0 Å². The van der Waals surface area contributed by atoms with E-state index in [0.717, 1.165) is 25.7 Å². The Kier molecular flexibility index (Phi) is 5.87. The molecule has 0 heterocycles. The largest absolute Gasteiger partial charge is 0.505 e. The molecule has 0 unspecified atom stereocenters. The second-order valence-electron chi connectivity index (χ2n) is 5.83. The lowest BCUT2D eigenvalue weighted by Gasteiger charge is -2.22. The molecule has 1 aromatic rings. The molecule has 0 radical (unpaired) electrons. The van der Waals surface area contributed by atoms with E-state index >= 15 is 0 Å². The average Bonchev–Trinajstić information content (AvgIpc) is 2.32. The van der Waals surface area contributed by atoms with Gasteiger partial charge in [-0.15, -0.1) is 0 Å². The quantitative estimate of drug-likeness (QED) is 0.612. The number of unbranched alkanes of at least 4 members (excludes halogenated alkanes) is 2. The Hall–Kier alpha value is -1.51. The van der Waals surface area contributed by atoms with Gasteiger partial charge in [0.05, 0.1) is 6.61 Å². The predicted molar refractivity (Wildman–Crippen MR) is 76.7 cm³/mol. The maximum absolute atomic E-state index is 10.2. The molecule has 0 aliphatic rings. The Morgan fingerprint density at radius 2 is 1.84 bits per heavy atom. The summed E-state index contributed by atoms with van der Waals surface area (Å²) in [5, 5.41) is 8.35. The Bertz CT molecular complexity index is 405. The molecule has 0 aromatic heterocycles. The van der Waals surface area contributed by atoms with Crippen LogP contribution in [0.5, 0.6) is 0 Å². The number of hydrogen-bond acceptors (Lipinski definition) is 2. The molecule has 0 amide bonds. The van der Waals surface area contributed by atoms with Gasteiger partial charge in [-0.1, -0.05) is 45.0 Å². The van der Waals surface area contributed by atoms with E-state index in [2.05, 4.69) is 49.8 Å². The number of ether oxygens (including phenoxy) is 1. The van der Waals surface area contributed by atoms with Gasteiger partial charge in [-0.25, -0.2) is 4.79 Å². The van der Waals surface area contributed by atoms with E-state index in [1.807, 2.05) is 0 Å². The Labute approximate surface area is 115 Å². The van der Waals surface area contributed by atoms with Crippen LogP contribution in [0.3, 0.4) is 0 Å². The number of rotatable bonds is 6. The van der Waals surface area contributed by atoms with Gasteiger partial charge in [0.25, 0.3) is 0 Å². The molecule has 3 nitrogen and oxygen atoms in total. The number of aryl methyl sites for hydroxylation is 1. The fraction of sp³-hybridized carbons (Fsp3) is 0.562. The summed E-state index contributed by atoms with van der Waals surface area (Å²) in [6.45, 7) is 6.99. The van der Waals surface area contributed by atoms with Crippen molar-refractivity contribution in [2.45, 2.75) is 51.9 Å². The third kappa shape index (κ3) is 5.77. The zero-order chi connectivity index (χ0) is 14.3. The number of carboxylic acid groups (broad SMARTS) is 1. The standard InChI is InChI=1S/C16H24O3/c1-16(2,3)14-11-7-6-10-13(14)9-5-4-8-12-19-15(17)18/h6-7,10-11H,4-5,8-9,12H2,1-3H3,(H,17,18). The Morgan fingerprint density at radius 3 is 2.47 bits per heavy atom. The Balaban J connectivity index is 2.39. The summed E-state index contributed by atoms with van der Waals surface area (Å²) in [6, 6.07) is 8.56. The van der Waals surface area contributed by atoms with Crippen molar-refractivity contribution >= 4 is 6.16 Å².